The summed E-state index contributed by atoms with van der Waals surface area (Å²) in [5.74, 6) is -0.0699. The zero-order valence-corrected chi connectivity index (χ0v) is 22.1. The van der Waals surface area contributed by atoms with Gasteiger partial charge in [-0.1, -0.05) is 141 Å². The molecule has 0 aromatic heterocycles. The maximum Gasteiger partial charge on any atom is 0.305 e. The van der Waals surface area contributed by atoms with Gasteiger partial charge in [-0.2, -0.15) is 0 Å². The molecule has 0 aliphatic rings. The van der Waals surface area contributed by atoms with Gasteiger partial charge in [0.15, 0.2) is 0 Å². The summed E-state index contributed by atoms with van der Waals surface area (Å²) in [6.07, 6.45) is 38.3. The van der Waals surface area contributed by atoms with Gasteiger partial charge < -0.3 is 4.74 Å². The quantitative estimate of drug-likeness (QED) is 0.0744. The lowest BCUT2D eigenvalue weighted by Gasteiger charge is -2.03. The molecule has 0 spiro atoms. The van der Waals surface area contributed by atoms with Crippen LogP contribution >= 0.6 is 0 Å². The normalized spacial score (nSPS) is 11.4. The lowest BCUT2D eigenvalue weighted by molar-refractivity contribution is -0.140. The van der Waals surface area contributed by atoms with Crippen LogP contribution in [-0.2, 0) is 9.53 Å². The molecule has 0 rings (SSSR count). The molecular weight excluding hydrogens is 392 g/mol. The number of hydrogen-bond donors (Lipinski definition) is 0. The van der Waals surface area contributed by atoms with Crippen molar-refractivity contribution in [1.29, 1.82) is 0 Å². The van der Waals surface area contributed by atoms with Crippen molar-refractivity contribution >= 4 is 5.97 Å². The molecule has 32 heavy (non-hydrogen) atoms. The van der Waals surface area contributed by atoms with Crippen molar-refractivity contribution in [3.8, 4) is 0 Å². The second kappa shape index (κ2) is 28.2. The number of methoxy groups -OCH3 is 1. The Kier molecular flexibility index (Phi) is 27.5. The first-order valence-electron chi connectivity index (χ1n) is 14.5. The molecule has 0 N–H and O–H groups in total. The SMILES string of the molecule is CCCCCCCCCCCCCCCCCC/C=C/CCCCCCCCC(=O)OC. The largest absolute Gasteiger partial charge is 0.469 e. The van der Waals surface area contributed by atoms with Gasteiger partial charge in [0.05, 0.1) is 7.11 Å². The van der Waals surface area contributed by atoms with Crippen LogP contribution in [0, 0.1) is 0 Å². The summed E-state index contributed by atoms with van der Waals surface area (Å²) in [5.41, 5.74) is 0. The van der Waals surface area contributed by atoms with Crippen molar-refractivity contribution in [1.82, 2.24) is 0 Å². The van der Waals surface area contributed by atoms with Crippen LogP contribution in [0.4, 0.5) is 0 Å². The van der Waals surface area contributed by atoms with E-state index in [1.54, 1.807) is 0 Å². The van der Waals surface area contributed by atoms with Crippen LogP contribution in [-0.4, -0.2) is 13.1 Å². The molecule has 2 nitrogen and oxygen atoms in total. The van der Waals surface area contributed by atoms with Gasteiger partial charge in [0, 0.05) is 6.42 Å². The first-order valence-corrected chi connectivity index (χ1v) is 14.5. The molecule has 0 atom stereocenters. The van der Waals surface area contributed by atoms with Crippen molar-refractivity contribution in [3.05, 3.63) is 12.2 Å². The lowest BCUT2D eigenvalue weighted by atomic mass is 10.0. The van der Waals surface area contributed by atoms with Crippen LogP contribution in [0.3, 0.4) is 0 Å². The molecule has 0 bridgehead atoms. The number of hydrogen-bond acceptors (Lipinski definition) is 2. The van der Waals surface area contributed by atoms with Crippen LogP contribution in [0.2, 0.25) is 0 Å². The standard InChI is InChI=1S/C30H58O2/c1-3-4-5-6-7-8-9-10-11-12-13-14-15-16-17-18-19-20-21-22-23-24-25-26-27-28-29-30(31)32-2/h20-21H,3-19,22-29H2,1-2H3/b21-20+. The summed E-state index contributed by atoms with van der Waals surface area (Å²) in [6.45, 7) is 2.30. The molecule has 190 valence electrons. The Labute approximate surface area is 202 Å². The third kappa shape index (κ3) is 27.2. The molecule has 0 aliphatic heterocycles. The topological polar surface area (TPSA) is 26.3 Å². The summed E-state index contributed by atoms with van der Waals surface area (Å²) in [5, 5.41) is 0. The molecule has 0 aromatic carbocycles. The van der Waals surface area contributed by atoms with E-state index < -0.39 is 0 Å². The number of rotatable bonds is 26. The molecule has 0 amide bonds. The molecule has 2 heteroatoms. The Morgan fingerprint density at radius 1 is 0.500 bits per heavy atom. The van der Waals surface area contributed by atoms with Gasteiger partial charge in [-0.25, -0.2) is 0 Å². The monoisotopic (exact) mass is 450 g/mol. The maximum absolute atomic E-state index is 11.0. The van der Waals surface area contributed by atoms with E-state index in [-0.39, 0.29) is 5.97 Å². The fourth-order valence-corrected chi connectivity index (χ4v) is 4.39. The van der Waals surface area contributed by atoms with Crippen molar-refractivity contribution in [2.45, 2.75) is 167 Å². The van der Waals surface area contributed by atoms with E-state index in [2.05, 4.69) is 23.8 Å². The lowest BCUT2D eigenvalue weighted by Crippen LogP contribution is -1.99. The summed E-state index contributed by atoms with van der Waals surface area (Å²) >= 11 is 0. The zero-order chi connectivity index (χ0) is 23.4. The fraction of sp³-hybridized carbons (Fsp3) is 0.900. The van der Waals surface area contributed by atoms with Gasteiger partial charge in [-0.3, -0.25) is 4.79 Å². The number of ether oxygens (including phenoxy) is 1. The van der Waals surface area contributed by atoms with E-state index in [1.807, 2.05) is 0 Å². The van der Waals surface area contributed by atoms with Gasteiger partial charge in [-0.05, 0) is 32.1 Å². The summed E-state index contributed by atoms with van der Waals surface area (Å²) in [7, 11) is 1.47. The van der Waals surface area contributed by atoms with E-state index in [4.69, 9.17) is 0 Å². The minimum Gasteiger partial charge on any atom is -0.469 e. The van der Waals surface area contributed by atoms with E-state index in [0.29, 0.717) is 6.42 Å². The van der Waals surface area contributed by atoms with Crippen LogP contribution < -0.4 is 0 Å². The van der Waals surface area contributed by atoms with Crippen molar-refractivity contribution in [3.63, 3.8) is 0 Å². The van der Waals surface area contributed by atoms with Gasteiger partial charge >= 0.3 is 5.97 Å². The van der Waals surface area contributed by atoms with Crippen LogP contribution in [0.1, 0.15) is 167 Å². The molecule has 0 fully saturated rings. The first kappa shape index (κ1) is 31.2. The number of esters is 1. The highest BCUT2D eigenvalue weighted by molar-refractivity contribution is 5.68. The average Bonchev–Trinajstić information content (AvgIpc) is 2.81. The Morgan fingerprint density at radius 2 is 0.812 bits per heavy atom. The molecular formula is C30H58O2. The van der Waals surface area contributed by atoms with Crippen molar-refractivity contribution in [2.24, 2.45) is 0 Å². The van der Waals surface area contributed by atoms with Crippen LogP contribution in [0.25, 0.3) is 0 Å². The summed E-state index contributed by atoms with van der Waals surface area (Å²) in [6, 6.07) is 0. The Bertz CT molecular complexity index is 388. The van der Waals surface area contributed by atoms with Crippen molar-refractivity contribution in [2.75, 3.05) is 7.11 Å². The number of carbonyl (C=O) groups excluding carboxylic acids is 1. The van der Waals surface area contributed by atoms with Crippen molar-refractivity contribution < 1.29 is 9.53 Å². The first-order chi connectivity index (χ1) is 15.8. The Hall–Kier alpha value is -0.790. The summed E-state index contributed by atoms with van der Waals surface area (Å²) in [4.78, 5) is 11.0. The highest BCUT2D eigenvalue weighted by atomic mass is 16.5. The highest BCUT2D eigenvalue weighted by Gasteiger charge is 1.99. The average molecular weight is 451 g/mol. The van der Waals surface area contributed by atoms with Gasteiger partial charge in [0.25, 0.3) is 0 Å². The Balaban J connectivity index is 3.09. The minimum atomic E-state index is -0.0699. The molecule has 0 saturated carbocycles. The summed E-state index contributed by atoms with van der Waals surface area (Å²) < 4.78 is 4.66. The third-order valence-electron chi connectivity index (χ3n) is 6.62. The van der Waals surface area contributed by atoms with Crippen LogP contribution in [0.5, 0.6) is 0 Å². The highest BCUT2D eigenvalue weighted by Crippen LogP contribution is 2.14. The van der Waals surface area contributed by atoms with Gasteiger partial charge in [0.2, 0.25) is 0 Å². The molecule has 0 aliphatic carbocycles. The molecule has 0 saturated heterocycles. The fourth-order valence-electron chi connectivity index (χ4n) is 4.39. The molecule has 0 unspecified atom stereocenters. The number of unbranched alkanes of at least 4 members (excludes halogenated alkanes) is 22. The maximum atomic E-state index is 11.0. The Morgan fingerprint density at radius 3 is 1.16 bits per heavy atom. The van der Waals surface area contributed by atoms with Crippen LogP contribution in [0.15, 0.2) is 12.2 Å². The smallest absolute Gasteiger partial charge is 0.305 e. The van der Waals surface area contributed by atoms with Gasteiger partial charge in [-0.15, -0.1) is 0 Å². The van der Waals surface area contributed by atoms with Gasteiger partial charge in [0.1, 0.15) is 0 Å². The second-order valence-corrected chi connectivity index (χ2v) is 9.80. The number of carbonyl (C=O) groups is 1. The molecule has 0 aromatic rings. The third-order valence-corrected chi connectivity index (χ3v) is 6.62. The van der Waals surface area contributed by atoms with E-state index in [1.165, 1.54) is 148 Å². The second-order valence-electron chi connectivity index (χ2n) is 9.80. The zero-order valence-electron chi connectivity index (χ0n) is 22.1. The van der Waals surface area contributed by atoms with E-state index in [0.717, 1.165) is 12.8 Å². The van der Waals surface area contributed by atoms with E-state index >= 15 is 0 Å². The minimum absolute atomic E-state index is 0.0699. The number of allylic oxidation sites excluding steroid dienone is 2. The van der Waals surface area contributed by atoms with E-state index in [9.17, 15) is 4.79 Å². The predicted molar refractivity (Wildman–Crippen MR) is 142 cm³/mol. The molecule has 0 heterocycles. The molecule has 0 radical (unpaired) electrons. The predicted octanol–water partition coefficient (Wildman–Crippen LogP) is 10.5.